The molecule has 1 aromatic carbocycles. The van der Waals surface area contributed by atoms with Crippen molar-refractivity contribution >= 4 is 34.1 Å². The van der Waals surface area contributed by atoms with Crippen molar-refractivity contribution in [3.63, 3.8) is 0 Å². The van der Waals surface area contributed by atoms with Crippen LogP contribution in [0.1, 0.15) is 0 Å². The molecule has 8 nitrogen and oxygen atoms in total. The molecule has 2 heterocycles. The van der Waals surface area contributed by atoms with Gasteiger partial charge >= 0.3 is 0 Å². The maximum absolute atomic E-state index is 11.8. The molecule has 0 spiro atoms. The van der Waals surface area contributed by atoms with Crippen molar-refractivity contribution in [1.29, 1.82) is 0 Å². The summed E-state index contributed by atoms with van der Waals surface area (Å²) < 4.78 is 1.80. The molecule has 1 amide bonds. The number of nitrogens with one attached hydrogen (secondary N) is 1. The van der Waals surface area contributed by atoms with Crippen LogP contribution in [-0.4, -0.2) is 41.7 Å². The second kappa shape index (κ2) is 6.75. The molecule has 0 atom stereocenters. The lowest BCUT2D eigenvalue weighted by atomic mass is 10.2. The normalized spacial score (nSPS) is 10.7. The van der Waals surface area contributed by atoms with E-state index >= 15 is 0 Å². The first-order chi connectivity index (χ1) is 11.1. The number of nitrogens with zero attached hydrogens (tertiary/aromatic N) is 5. The summed E-state index contributed by atoms with van der Waals surface area (Å²) in [5.41, 5.74) is 2.39. The predicted octanol–water partition coefficient (Wildman–Crippen LogP) is 1.77. The minimum Gasteiger partial charge on any atom is -0.508 e. The molecule has 0 aliphatic heterocycles. The van der Waals surface area contributed by atoms with Gasteiger partial charge in [0, 0.05) is 12.6 Å². The molecule has 0 fully saturated rings. The first-order valence-corrected chi connectivity index (χ1v) is 8.37. The molecule has 0 unspecified atom stereocenters. The van der Waals surface area contributed by atoms with Crippen LogP contribution < -0.4 is 5.32 Å². The van der Waals surface area contributed by atoms with Gasteiger partial charge in [-0.3, -0.25) is 10.1 Å². The zero-order chi connectivity index (χ0) is 16.2. The van der Waals surface area contributed by atoms with Gasteiger partial charge in [-0.1, -0.05) is 23.1 Å². The number of rotatable bonds is 5. The van der Waals surface area contributed by atoms with E-state index in [-0.39, 0.29) is 17.4 Å². The number of hydrogen-bond acceptors (Lipinski definition) is 8. The summed E-state index contributed by atoms with van der Waals surface area (Å²) in [7, 11) is 1.83. The number of aromatic hydroxyl groups is 1. The Morgan fingerprint density at radius 2 is 2.09 bits per heavy atom. The molecule has 0 saturated heterocycles. The van der Waals surface area contributed by atoms with Gasteiger partial charge in [-0.15, -0.1) is 20.4 Å². The number of benzene rings is 1. The smallest absolute Gasteiger partial charge is 0.236 e. The number of phenolic OH excluding ortho intramolecular Hbond substituents is 1. The van der Waals surface area contributed by atoms with E-state index < -0.39 is 0 Å². The van der Waals surface area contributed by atoms with Gasteiger partial charge in [0.1, 0.15) is 11.3 Å². The molecule has 3 aromatic rings. The fraction of sp³-hybridized carbons (Fsp3) is 0.154. The van der Waals surface area contributed by atoms with E-state index in [0.717, 1.165) is 5.56 Å². The maximum atomic E-state index is 11.8. The number of amides is 1. The summed E-state index contributed by atoms with van der Waals surface area (Å²) in [5, 5.41) is 28.7. The lowest BCUT2D eigenvalue weighted by Gasteiger charge is -2.04. The highest BCUT2D eigenvalue weighted by Crippen LogP contribution is 2.24. The van der Waals surface area contributed by atoms with Gasteiger partial charge in [0.15, 0.2) is 11.0 Å². The predicted molar refractivity (Wildman–Crippen MR) is 87.4 cm³/mol. The van der Waals surface area contributed by atoms with Crippen LogP contribution in [-0.2, 0) is 11.8 Å². The number of carbonyl (C=O) groups is 1. The van der Waals surface area contributed by atoms with Crippen molar-refractivity contribution in [1.82, 2.24) is 25.0 Å². The second-order valence-electron chi connectivity index (χ2n) is 4.49. The molecule has 23 heavy (non-hydrogen) atoms. The standard InChI is InChI=1S/C13H12N6O2S2/c1-19-11(8-2-4-9(20)5-3-8)16-18-13(19)22-6-10(21)15-12-17-14-7-23-12/h2-5,7,20H,6H2,1H3,(H,15,17,21). The highest BCUT2D eigenvalue weighted by Gasteiger charge is 2.13. The molecule has 0 bridgehead atoms. The van der Waals surface area contributed by atoms with Crippen LogP contribution in [0.3, 0.4) is 0 Å². The fourth-order valence-electron chi connectivity index (χ4n) is 1.82. The summed E-state index contributed by atoms with van der Waals surface area (Å²) in [6.45, 7) is 0. The topological polar surface area (TPSA) is 106 Å². The van der Waals surface area contributed by atoms with E-state index in [9.17, 15) is 9.90 Å². The van der Waals surface area contributed by atoms with Crippen molar-refractivity contribution in [3.8, 4) is 17.1 Å². The third kappa shape index (κ3) is 3.66. The van der Waals surface area contributed by atoms with Crippen LogP contribution in [0.5, 0.6) is 5.75 Å². The van der Waals surface area contributed by atoms with E-state index in [0.29, 0.717) is 16.1 Å². The van der Waals surface area contributed by atoms with Crippen LogP contribution in [0.15, 0.2) is 34.9 Å². The van der Waals surface area contributed by atoms with Crippen molar-refractivity contribution in [2.75, 3.05) is 11.1 Å². The van der Waals surface area contributed by atoms with E-state index in [2.05, 4.69) is 25.7 Å². The molecule has 0 aliphatic carbocycles. The van der Waals surface area contributed by atoms with Crippen LogP contribution >= 0.6 is 23.1 Å². The molecule has 3 rings (SSSR count). The van der Waals surface area contributed by atoms with Crippen LogP contribution in [0.25, 0.3) is 11.4 Å². The Hall–Kier alpha value is -2.46. The summed E-state index contributed by atoms with van der Waals surface area (Å²) in [6.07, 6.45) is 0. The zero-order valence-corrected chi connectivity index (χ0v) is 13.6. The van der Waals surface area contributed by atoms with E-state index in [1.54, 1.807) is 34.3 Å². The number of hydrogen-bond donors (Lipinski definition) is 2. The summed E-state index contributed by atoms with van der Waals surface area (Å²) in [6, 6.07) is 6.70. The minimum atomic E-state index is -0.180. The Morgan fingerprint density at radius 1 is 1.30 bits per heavy atom. The van der Waals surface area contributed by atoms with Crippen molar-refractivity contribution < 1.29 is 9.90 Å². The third-order valence-electron chi connectivity index (χ3n) is 2.90. The number of phenols is 1. The van der Waals surface area contributed by atoms with Crippen LogP contribution in [0.4, 0.5) is 5.13 Å². The van der Waals surface area contributed by atoms with Crippen molar-refractivity contribution in [2.45, 2.75) is 5.16 Å². The lowest BCUT2D eigenvalue weighted by molar-refractivity contribution is -0.113. The maximum Gasteiger partial charge on any atom is 0.236 e. The van der Waals surface area contributed by atoms with Crippen LogP contribution in [0.2, 0.25) is 0 Å². The van der Waals surface area contributed by atoms with E-state index in [4.69, 9.17) is 0 Å². The van der Waals surface area contributed by atoms with Gasteiger partial charge in [-0.25, -0.2) is 0 Å². The Labute approximate surface area is 139 Å². The lowest BCUT2D eigenvalue weighted by Crippen LogP contribution is -2.14. The minimum absolute atomic E-state index is 0.180. The average molecular weight is 348 g/mol. The fourth-order valence-corrected chi connectivity index (χ4v) is 2.99. The summed E-state index contributed by atoms with van der Waals surface area (Å²) in [4.78, 5) is 11.8. The Morgan fingerprint density at radius 3 is 2.78 bits per heavy atom. The first kappa shape index (κ1) is 15.4. The van der Waals surface area contributed by atoms with Gasteiger partial charge < -0.3 is 9.67 Å². The number of aromatic nitrogens is 5. The Kier molecular flexibility index (Phi) is 4.53. The molecule has 2 N–H and O–H groups in total. The molecule has 0 aliphatic rings. The highest BCUT2D eigenvalue weighted by molar-refractivity contribution is 7.99. The first-order valence-electron chi connectivity index (χ1n) is 6.51. The molecular weight excluding hydrogens is 336 g/mol. The number of anilines is 1. The molecule has 118 valence electrons. The number of carbonyl (C=O) groups excluding carboxylic acids is 1. The van der Waals surface area contributed by atoms with E-state index in [1.165, 1.54) is 23.1 Å². The SMILES string of the molecule is Cn1c(SCC(=O)Nc2nncs2)nnc1-c1ccc(O)cc1. The molecule has 10 heteroatoms. The van der Waals surface area contributed by atoms with Crippen molar-refractivity contribution in [2.24, 2.45) is 7.05 Å². The second-order valence-corrected chi connectivity index (χ2v) is 6.27. The largest absolute Gasteiger partial charge is 0.508 e. The zero-order valence-electron chi connectivity index (χ0n) is 12.0. The quantitative estimate of drug-likeness (QED) is 0.677. The number of thioether (sulfide) groups is 1. The molecule has 0 saturated carbocycles. The van der Waals surface area contributed by atoms with Gasteiger partial charge in [0.2, 0.25) is 11.0 Å². The third-order valence-corrected chi connectivity index (χ3v) is 4.53. The highest BCUT2D eigenvalue weighted by atomic mass is 32.2. The summed E-state index contributed by atoms with van der Waals surface area (Å²) in [5.74, 6) is 0.873. The van der Waals surface area contributed by atoms with Gasteiger partial charge in [-0.05, 0) is 24.3 Å². The van der Waals surface area contributed by atoms with Crippen molar-refractivity contribution in [3.05, 3.63) is 29.8 Å². The molecule has 2 aromatic heterocycles. The Bertz CT molecular complexity index is 800. The molecular formula is C13H12N6O2S2. The van der Waals surface area contributed by atoms with Gasteiger partial charge in [0.05, 0.1) is 5.75 Å². The van der Waals surface area contributed by atoms with Gasteiger partial charge in [0.25, 0.3) is 0 Å². The average Bonchev–Trinajstić information content (AvgIpc) is 3.16. The molecule has 0 radical (unpaired) electrons. The summed E-state index contributed by atoms with van der Waals surface area (Å²) >= 11 is 2.54. The monoisotopic (exact) mass is 348 g/mol. The van der Waals surface area contributed by atoms with E-state index in [1.807, 2.05) is 7.05 Å². The Balaban J connectivity index is 1.65. The van der Waals surface area contributed by atoms with Gasteiger partial charge in [-0.2, -0.15) is 0 Å². The van der Waals surface area contributed by atoms with Crippen LogP contribution in [0, 0.1) is 0 Å².